The molecular weight excluding hydrogens is 359 g/mol. The number of hydrogen-bond donors (Lipinski definition) is 2. The number of benzene rings is 3. The van der Waals surface area contributed by atoms with Gasteiger partial charge in [-0.05, 0) is 22.8 Å². The highest BCUT2D eigenvalue weighted by Crippen LogP contribution is 2.40. The summed E-state index contributed by atoms with van der Waals surface area (Å²) >= 11 is 0. The van der Waals surface area contributed by atoms with Gasteiger partial charge in [-0.1, -0.05) is 97.1 Å². The summed E-state index contributed by atoms with van der Waals surface area (Å²) in [5.41, 5.74) is 3.38. The van der Waals surface area contributed by atoms with Crippen LogP contribution in [0.2, 0.25) is 0 Å². The first-order valence-electron chi connectivity index (χ1n) is 8.36. The summed E-state index contributed by atoms with van der Waals surface area (Å²) in [6.45, 7) is 0. The predicted molar refractivity (Wildman–Crippen MR) is 110 cm³/mol. The molecule has 0 aliphatic rings. The Morgan fingerprint density at radius 3 is 1.78 bits per heavy atom. The minimum absolute atomic E-state index is 0.130. The van der Waals surface area contributed by atoms with E-state index in [9.17, 15) is 14.4 Å². The maximum absolute atomic E-state index is 11.3. The maximum atomic E-state index is 11.3. The smallest absolute Gasteiger partial charge is 0.404 e. The molecule has 0 radical (unpaired) electrons. The summed E-state index contributed by atoms with van der Waals surface area (Å²) < 4.78 is 16.2. The van der Waals surface area contributed by atoms with Gasteiger partial charge in [-0.25, -0.2) is 4.57 Å². The monoisotopic (exact) mass is 378 g/mol. The van der Waals surface area contributed by atoms with Gasteiger partial charge in [0.2, 0.25) is 0 Å². The molecule has 0 saturated heterocycles. The number of phosphoric acid groups is 1. The summed E-state index contributed by atoms with van der Waals surface area (Å²) in [4.78, 5) is 18.5. The molecule has 0 spiro atoms. The van der Waals surface area contributed by atoms with Gasteiger partial charge >= 0.3 is 7.82 Å². The van der Waals surface area contributed by atoms with Crippen molar-refractivity contribution in [3.63, 3.8) is 0 Å². The van der Waals surface area contributed by atoms with Crippen molar-refractivity contribution in [2.24, 2.45) is 0 Å². The fourth-order valence-electron chi connectivity index (χ4n) is 2.59. The van der Waals surface area contributed by atoms with E-state index in [0.29, 0.717) is 5.56 Å². The first-order valence-corrected chi connectivity index (χ1v) is 9.89. The zero-order valence-corrected chi connectivity index (χ0v) is 15.4. The van der Waals surface area contributed by atoms with Gasteiger partial charge in [-0.2, -0.15) is 0 Å². The Kier molecular flexibility index (Phi) is 6.05. The van der Waals surface area contributed by atoms with Crippen molar-refractivity contribution in [1.29, 1.82) is 0 Å². The van der Waals surface area contributed by atoms with Crippen LogP contribution in [0.4, 0.5) is 0 Å². The molecular formula is C22H19O4P. The van der Waals surface area contributed by atoms with Crippen molar-refractivity contribution in [2.45, 2.75) is 0 Å². The lowest BCUT2D eigenvalue weighted by Crippen LogP contribution is -1.94. The van der Waals surface area contributed by atoms with Crippen LogP contribution in [-0.2, 0) is 4.57 Å². The van der Waals surface area contributed by atoms with Gasteiger partial charge in [-0.3, -0.25) is 9.79 Å². The Balaban J connectivity index is 2.01. The second-order valence-electron chi connectivity index (χ2n) is 5.83. The molecule has 0 atom stereocenters. The molecule has 0 bridgehead atoms. The van der Waals surface area contributed by atoms with E-state index in [2.05, 4.69) is 0 Å². The average Bonchev–Trinajstić information content (AvgIpc) is 2.66. The van der Waals surface area contributed by atoms with Crippen molar-refractivity contribution in [2.75, 3.05) is 0 Å². The van der Waals surface area contributed by atoms with Crippen LogP contribution in [0.25, 0.3) is 24.3 Å². The highest BCUT2D eigenvalue weighted by atomic mass is 31.2. The molecule has 4 nitrogen and oxygen atoms in total. The van der Waals surface area contributed by atoms with Crippen molar-refractivity contribution < 1.29 is 18.9 Å². The van der Waals surface area contributed by atoms with Gasteiger partial charge < -0.3 is 4.52 Å². The van der Waals surface area contributed by atoms with Gasteiger partial charge in [0.25, 0.3) is 0 Å². The van der Waals surface area contributed by atoms with Crippen LogP contribution in [0.5, 0.6) is 5.75 Å². The quantitative estimate of drug-likeness (QED) is 0.439. The molecule has 3 rings (SSSR count). The molecule has 0 heterocycles. The highest BCUT2D eigenvalue weighted by molar-refractivity contribution is 7.46. The fraction of sp³-hybridized carbons (Fsp3) is 0. The van der Waals surface area contributed by atoms with Crippen molar-refractivity contribution in [3.8, 4) is 5.75 Å². The van der Waals surface area contributed by atoms with Gasteiger partial charge in [-0.15, -0.1) is 0 Å². The topological polar surface area (TPSA) is 66.8 Å². The molecule has 5 heteroatoms. The second-order valence-corrected chi connectivity index (χ2v) is 6.99. The molecule has 0 unspecified atom stereocenters. The summed E-state index contributed by atoms with van der Waals surface area (Å²) in [5, 5.41) is 0. The Morgan fingerprint density at radius 1 is 0.667 bits per heavy atom. The Bertz CT molecular complexity index is 989. The lowest BCUT2D eigenvalue weighted by molar-refractivity contribution is 0.283. The molecule has 0 amide bonds. The third-order valence-corrected chi connectivity index (χ3v) is 4.25. The fourth-order valence-corrected chi connectivity index (χ4v) is 3.00. The van der Waals surface area contributed by atoms with Crippen LogP contribution in [0.3, 0.4) is 0 Å². The van der Waals surface area contributed by atoms with Gasteiger partial charge in [0.1, 0.15) is 5.75 Å². The van der Waals surface area contributed by atoms with E-state index < -0.39 is 7.82 Å². The third kappa shape index (κ3) is 5.80. The number of hydrogen-bond acceptors (Lipinski definition) is 2. The molecule has 3 aromatic rings. The van der Waals surface area contributed by atoms with Crippen LogP contribution in [0.1, 0.15) is 22.3 Å². The summed E-state index contributed by atoms with van der Waals surface area (Å²) in [6.07, 6.45) is 7.51. The zero-order chi connectivity index (χ0) is 19.1. The molecule has 0 aliphatic heterocycles. The normalized spacial score (nSPS) is 11.9. The van der Waals surface area contributed by atoms with E-state index in [0.717, 1.165) is 16.7 Å². The molecule has 0 saturated carbocycles. The average molecular weight is 378 g/mol. The van der Waals surface area contributed by atoms with E-state index in [1.165, 1.54) is 0 Å². The molecule has 136 valence electrons. The Hall–Kier alpha value is -2.91. The number of phosphoric ester groups is 1. The largest absolute Gasteiger partial charge is 0.524 e. The van der Waals surface area contributed by atoms with Crippen LogP contribution >= 0.6 is 7.82 Å². The SMILES string of the molecule is O=P(O)(O)Oc1cccc(/C=C/c2ccccc2)c1/C=C/c1ccccc1. The van der Waals surface area contributed by atoms with E-state index >= 15 is 0 Å². The van der Waals surface area contributed by atoms with E-state index in [1.54, 1.807) is 18.2 Å². The highest BCUT2D eigenvalue weighted by Gasteiger charge is 2.18. The molecule has 0 aromatic heterocycles. The Labute approximate surface area is 158 Å². The maximum Gasteiger partial charge on any atom is 0.524 e. The molecule has 3 aromatic carbocycles. The van der Waals surface area contributed by atoms with E-state index in [1.807, 2.05) is 85.0 Å². The van der Waals surface area contributed by atoms with Crippen LogP contribution in [0, 0.1) is 0 Å². The molecule has 2 N–H and O–H groups in total. The van der Waals surface area contributed by atoms with Gasteiger partial charge in [0, 0.05) is 5.56 Å². The predicted octanol–water partition coefficient (Wildman–Crippen LogP) is 5.50. The lowest BCUT2D eigenvalue weighted by atomic mass is 10.0. The van der Waals surface area contributed by atoms with Crippen molar-refractivity contribution in [1.82, 2.24) is 0 Å². The van der Waals surface area contributed by atoms with Gasteiger partial charge in [0.05, 0.1) is 0 Å². The molecule has 0 fully saturated rings. The Morgan fingerprint density at radius 2 is 1.22 bits per heavy atom. The van der Waals surface area contributed by atoms with E-state index in [4.69, 9.17) is 4.52 Å². The number of rotatable bonds is 6. The first kappa shape index (κ1) is 18.9. The minimum atomic E-state index is -4.66. The molecule has 0 aliphatic carbocycles. The lowest BCUT2D eigenvalue weighted by Gasteiger charge is -2.12. The van der Waals surface area contributed by atoms with E-state index in [-0.39, 0.29) is 5.75 Å². The van der Waals surface area contributed by atoms with Crippen LogP contribution in [0.15, 0.2) is 78.9 Å². The minimum Gasteiger partial charge on any atom is -0.404 e. The first-order chi connectivity index (χ1) is 13.0. The second kappa shape index (κ2) is 8.65. The standard InChI is InChI=1S/C22H19O4P/c23-27(24,25)26-22-13-7-12-20(16-14-18-8-3-1-4-9-18)21(22)17-15-19-10-5-2-6-11-19/h1-17H,(H2,23,24,25)/b16-14+,17-15+. The van der Waals surface area contributed by atoms with Crippen molar-refractivity contribution >= 4 is 32.1 Å². The summed E-state index contributed by atoms with van der Waals surface area (Å²) in [6, 6.07) is 24.6. The third-order valence-electron chi connectivity index (χ3n) is 3.81. The molecule has 27 heavy (non-hydrogen) atoms. The summed E-state index contributed by atoms with van der Waals surface area (Å²) in [5.74, 6) is 0.130. The van der Waals surface area contributed by atoms with Crippen LogP contribution in [-0.4, -0.2) is 9.79 Å². The zero-order valence-electron chi connectivity index (χ0n) is 14.5. The van der Waals surface area contributed by atoms with Gasteiger partial charge in [0.15, 0.2) is 0 Å². The van der Waals surface area contributed by atoms with Crippen LogP contribution < -0.4 is 4.52 Å². The van der Waals surface area contributed by atoms with Crippen molar-refractivity contribution in [3.05, 3.63) is 101 Å². The summed E-state index contributed by atoms with van der Waals surface area (Å²) in [7, 11) is -4.66.